The molecule has 3 heterocycles. The zero-order chi connectivity index (χ0) is 20.6. The first kappa shape index (κ1) is 20.5. The van der Waals surface area contributed by atoms with Crippen LogP contribution in [0.4, 0.5) is 5.69 Å². The van der Waals surface area contributed by atoms with E-state index in [4.69, 9.17) is 0 Å². The molecule has 5 nitrogen and oxygen atoms in total. The van der Waals surface area contributed by atoms with Crippen molar-refractivity contribution < 1.29 is 9.90 Å². The lowest BCUT2D eigenvalue weighted by atomic mass is 9.82. The minimum Gasteiger partial charge on any atom is -0.396 e. The number of aliphatic hydroxyl groups excluding tert-OH is 1. The number of carbonyl (C=O) groups excluding carboxylic acids is 1. The molecule has 0 bridgehead atoms. The molecule has 1 amide bonds. The van der Waals surface area contributed by atoms with Crippen molar-refractivity contribution in [3.05, 3.63) is 51.2 Å². The Morgan fingerprint density at radius 1 is 1.17 bits per heavy atom. The van der Waals surface area contributed by atoms with Gasteiger partial charge in [-0.25, -0.2) is 0 Å². The summed E-state index contributed by atoms with van der Waals surface area (Å²) in [7, 11) is 0. The molecule has 0 radical (unpaired) electrons. The molecular formula is C23H31N3O2S. The quantitative estimate of drug-likeness (QED) is 0.764. The fourth-order valence-electron chi connectivity index (χ4n) is 5.00. The van der Waals surface area contributed by atoms with Crippen molar-refractivity contribution in [2.24, 2.45) is 11.3 Å². The molecule has 2 aliphatic heterocycles. The Morgan fingerprint density at radius 2 is 1.93 bits per heavy atom. The van der Waals surface area contributed by atoms with Gasteiger partial charge in [-0.15, -0.1) is 11.3 Å². The highest BCUT2D eigenvalue weighted by Crippen LogP contribution is 2.42. The number of hydrogen-bond acceptors (Lipinski definition) is 5. The molecule has 0 aliphatic carbocycles. The van der Waals surface area contributed by atoms with Crippen molar-refractivity contribution in [2.45, 2.75) is 27.3 Å². The molecular weight excluding hydrogens is 382 g/mol. The summed E-state index contributed by atoms with van der Waals surface area (Å²) < 4.78 is 0. The number of nitrogens with one attached hydrogen (secondary N) is 1. The van der Waals surface area contributed by atoms with Crippen LogP contribution in [0.25, 0.3) is 0 Å². The van der Waals surface area contributed by atoms with E-state index in [-0.39, 0.29) is 17.9 Å². The molecule has 2 atom stereocenters. The Balaban J connectivity index is 1.34. The largest absolute Gasteiger partial charge is 0.396 e. The Morgan fingerprint density at radius 3 is 2.59 bits per heavy atom. The number of hydrogen-bond donors (Lipinski definition) is 2. The van der Waals surface area contributed by atoms with E-state index in [0.717, 1.165) is 44.0 Å². The summed E-state index contributed by atoms with van der Waals surface area (Å²) in [6.45, 7) is 11.3. The second kappa shape index (κ2) is 8.19. The number of amides is 1. The van der Waals surface area contributed by atoms with Gasteiger partial charge in [0.15, 0.2) is 0 Å². The number of rotatable bonds is 6. The predicted molar refractivity (Wildman–Crippen MR) is 118 cm³/mol. The van der Waals surface area contributed by atoms with E-state index in [2.05, 4.69) is 47.2 Å². The van der Waals surface area contributed by atoms with Crippen LogP contribution in [0, 0.1) is 32.1 Å². The summed E-state index contributed by atoms with van der Waals surface area (Å²) in [5.41, 5.74) is 3.06. The van der Waals surface area contributed by atoms with Crippen LogP contribution in [0.1, 0.15) is 20.9 Å². The maximum absolute atomic E-state index is 12.6. The molecule has 0 spiro atoms. The van der Waals surface area contributed by atoms with Crippen LogP contribution in [-0.2, 0) is 11.3 Å². The molecule has 2 aromatic rings. The molecule has 4 rings (SSSR count). The lowest BCUT2D eigenvalue weighted by molar-refractivity contribution is -0.117. The van der Waals surface area contributed by atoms with Gasteiger partial charge in [0.1, 0.15) is 0 Å². The highest BCUT2D eigenvalue weighted by molar-refractivity contribution is 7.11. The van der Waals surface area contributed by atoms with Crippen molar-refractivity contribution in [3.8, 4) is 0 Å². The number of aliphatic hydroxyl groups is 1. The number of benzene rings is 1. The van der Waals surface area contributed by atoms with Crippen LogP contribution in [-0.4, -0.2) is 60.1 Å². The molecule has 2 unspecified atom stereocenters. The molecule has 2 N–H and O–H groups in total. The minimum absolute atomic E-state index is 0.0240. The normalized spacial score (nSPS) is 24.8. The van der Waals surface area contributed by atoms with Crippen molar-refractivity contribution >= 4 is 22.9 Å². The molecule has 2 saturated heterocycles. The first-order chi connectivity index (χ1) is 13.9. The number of nitrogens with zero attached hydrogens (tertiary/aromatic N) is 2. The van der Waals surface area contributed by atoms with Crippen LogP contribution in [0.3, 0.4) is 0 Å². The molecule has 6 heteroatoms. The van der Waals surface area contributed by atoms with Crippen LogP contribution < -0.4 is 5.32 Å². The number of fused-ring (bicyclic) bond motifs is 1. The van der Waals surface area contributed by atoms with Crippen LogP contribution in [0.2, 0.25) is 0 Å². The molecule has 1 aromatic heterocycles. The van der Waals surface area contributed by atoms with Gasteiger partial charge in [0.2, 0.25) is 5.91 Å². The molecule has 29 heavy (non-hydrogen) atoms. The van der Waals surface area contributed by atoms with Gasteiger partial charge in [-0.3, -0.25) is 14.6 Å². The van der Waals surface area contributed by atoms with Gasteiger partial charge in [0, 0.05) is 53.6 Å². The topological polar surface area (TPSA) is 55.8 Å². The highest BCUT2D eigenvalue weighted by atomic mass is 32.1. The monoisotopic (exact) mass is 413 g/mol. The van der Waals surface area contributed by atoms with E-state index < -0.39 is 0 Å². The smallest absolute Gasteiger partial charge is 0.238 e. The van der Waals surface area contributed by atoms with E-state index in [1.54, 1.807) is 0 Å². The lowest BCUT2D eigenvalue weighted by Crippen LogP contribution is -2.39. The molecule has 1 aromatic carbocycles. The zero-order valence-electron chi connectivity index (χ0n) is 17.6. The second-order valence-electron chi connectivity index (χ2n) is 8.94. The summed E-state index contributed by atoms with van der Waals surface area (Å²) in [5.74, 6) is 0.443. The SMILES string of the molecule is Cc1ccc(NC(=O)CN2CC3CN(Cc4ccc(C)s4)CC3(CO)C2)c(C)c1. The maximum atomic E-state index is 12.6. The average Bonchev–Trinajstić information content (AvgIpc) is 3.30. The van der Waals surface area contributed by atoms with Gasteiger partial charge >= 0.3 is 0 Å². The lowest BCUT2D eigenvalue weighted by Gasteiger charge is -2.27. The number of anilines is 1. The third kappa shape index (κ3) is 4.40. The molecule has 0 saturated carbocycles. The summed E-state index contributed by atoms with van der Waals surface area (Å²) in [6, 6.07) is 10.5. The van der Waals surface area contributed by atoms with Crippen LogP contribution in [0.15, 0.2) is 30.3 Å². The Bertz CT molecular complexity index is 896. The first-order valence-electron chi connectivity index (χ1n) is 10.3. The van der Waals surface area contributed by atoms with E-state index in [1.807, 2.05) is 30.4 Å². The Hall–Kier alpha value is -1.73. The summed E-state index contributed by atoms with van der Waals surface area (Å²) in [5, 5.41) is 13.3. The fourth-order valence-corrected chi connectivity index (χ4v) is 5.94. The fraction of sp³-hybridized carbons (Fsp3) is 0.522. The second-order valence-corrected chi connectivity index (χ2v) is 10.3. The van der Waals surface area contributed by atoms with E-state index in [1.165, 1.54) is 15.3 Å². The van der Waals surface area contributed by atoms with Gasteiger partial charge in [0.05, 0.1) is 13.2 Å². The third-order valence-electron chi connectivity index (χ3n) is 6.41. The van der Waals surface area contributed by atoms with Gasteiger partial charge in [-0.2, -0.15) is 0 Å². The number of likely N-dealkylation sites (tertiary alicyclic amines) is 2. The van der Waals surface area contributed by atoms with Crippen LogP contribution >= 0.6 is 11.3 Å². The van der Waals surface area contributed by atoms with E-state index in [0.29, 0.717) is 12.5 Å². The molecule has 2 fully saturated rings. The van der Waals surface area contributed by atoms with Crippen LogP contribution in [0.5, 0.6) is 0 Å². The third-order valence-corrected chi connectivity index (χ3v) is 7.40. The van der Waals surface area contributed by atoms with E-state index in [9.17, 15) is 9.90 Å². The molecule has 156 valence electrons. The van der Waals surface area contributed by atoms with Crippen molar-refractivity contribution in [1.29, 1.82) is 0 Å². The van der Waals surface area contributed by atoms with Crippen molar-refractivity contribution in [3.63, 3.8) is 0 Å². The summed E-state index contributed by atoms with van der Waals surface area (Å²) in [4.78, 5) is 20.0. The minimum atomic E-state index is -0.105. The summed E-state index contributed by atoms with van der Waals surface area (Å²) in [6.07, 6.45) is 0. The predicted octanol–water partition coefficient (Wildman–Crippen LogP) is 3.04. The van der Waals surface area contributed by atoms with E-state index >= 15 is 0 Å². The standard InChI is InChI=1S/C23H31N3O2S/c1-16-4-7-21(17(2)8-16)24-22(28)12-26-10-19-9-25(13-23(19,14-26)15-27)11-20-6-5-18(3)29-20/h4-8,19,27H,9-15H2,1-3H3,(H,24,28). The van der Waals surface area contributed by atoms with Crippen molar-refractivity contribution in [2.75, 3.05) is 44.6 Å². The number of thiophene rings is 1. The number of aryl methyl sites for hydroxylation is 3. The van der Waals surface area contributed by atoms with Gasteiger partial charge in [0.25, 0.3) is 0 Å². The van der Waals surface area contributed by atoms with Gasteiger partial charge < -0.3 is 10.4 Å². The first-order valence-corrected chi connectivity index (χ1v) is 11.2. The number of carbonyl (C=O) groups is 1. The Labute approximate surface area is 177 Å². The summed E-state index contributed by atoms with van der Waals surface area (Å²) >= 11 is 1.85. The van der Waals surface area contributed by atoms with Gasteiger partial charge in [-0.05, 0) is 50.5 Å². The zero-order valence-corrected chi connectivity index (χ0v) is 18.4. The van der Waals surface area contributed by atoms with Crippen molar-refractivity contribution in [1.82, 2.24) is 9.80 Å². The average molecular weight is 414 g/mol. The van der Waals surface area contributed by atoms with Gasteiger partial charge in [-0.1, -0.05) is 17.7 Å². The Kier molecular flexibility index (Phi) is 5.80. The highest BCUT2D eigenvalue weighted by Gasteiger charge is 2.52. The molecule has 2 aliphatic rings. The maximum Gasteiger partial charge on any atom is 0.238 e.